The second-order valence-electron chi connectivity index (χ2n) is 5.80. The van der Waals surface area contributed by atoms with E-state index in [1.54, 1.807) is 25.0 Å². The van der Waals surface area contributed by atoms with Crippen molar-refractivity contribution in [1.82, 2.24) is 9.21 Å². The van der Waals surface area contributed by atoms with Gasteiger partial charge in [0.15, 0.2) is 0 Å². The van der Waals surface area contributed by atoms with Gasteiger partial charge in [0, 0.05) is 33.3 Å². The van der Waals surface area contributed by atoms with Crippen molar-refractivity contribution in [2.24, 2.45) is 0 Å². The molecule has 1 aromatic rings. The summed E-state index contributed by atoms with van der Waals surface area (Å²) in [6.07, 6.45) is 0.334. The molecule has 2 rings (SSSR count). The highest BCUT2D eigenvalue weighted by Gasteiger charge is 2.30. The number of sulfonamides is 1. The number of hydrogen-bond acceptors (Lipinski definition) is 4. The van der Waals surface area contributed by atoms with Crippen molar-refractivity contribution in [1.29, 1.82) is 0 Å². The molecule has 0 radical (unpaired) electrons. The Kier molecular flexibility index (Phi) is 5.78. The summed E-state index contributed by atoms with van der Waals surface area (Å²) < 4.78 is 32.0. The average Bonchev–Trinajstić information content (AvgIpc) is 2.54. The Morgan fingerprint density at radius 3 is 2.43 bits per heavy atom. The SMILES string of the molecule is COCCC(=O)N1CCN(S(=O)(=O)c2cc(C)ccc2C)CC1. The van der Waals surface area contributed by atoms with Crippen LogP contribution in [-0.4, -0.2) is 63.4 Å². The number of hydrogen-bond donors (Lipinski definition) is 0. The molecular weight excluding hydrogens is 316 g/mol. The molecule has 1 saturated heterocycles. The normalized spacial score (nSPS) is 16.6. The maximum Gasteiger partial charge on any atom is 0.243 e. The number of ether oxygens (including phenoxy) is 1. The Labute approximate surface area is 138 Å². The topological polar surface area (TPSA) is 66.9 Å². The van der Waals surface area contributed by atoms with Gasteiger partial charge in [0.1, 0.15) is 0 Å². The summed E-state index contributed by atoms with van der Waals surface area (Å²) in [4.78, 5) is 14.0. The standard InChI is InChI=1S/C16H24N2O4S/c1-13-4-5-14(2)15(12-13)23(20,21)18-9-7-17(8-10-18)16(19)6-11-22-3/h4-5,12H,6-11H2,1-3H3. The molecule has 23 heavy (non-hydrogen) atoms. The second kappa shape index (κ2) is 7.42. The van der Waals surface area contributed by atoms with Crippen molar-refractivity contribution < 1.29 is 17.9 Å². The lowest BCUT2D eigenvalue weighted by atomic mass is 10.2. The Morgan fingerprint density at radius 1 is 1.17 bits per heavy atom. The van der Waals surface area contributed by atoms with Crippen molar-refractivity contribution >= 4 is 15.9 Å². The number of methoxy groups -OCH3 is 1. The molecule has 0 saturated carbocycles. The molecular formula is C16H24N2O4S. The molecule has 128 valence electrons. The number of rotatable bonds is 5. The van der Waals surface area contributed by atoms with Gasteiger partial charge in [0.25, 0.3) is 0 Å². The van der Waals surface area contributed by atoms with E-state index in [-0.39, 0.29) is 5.91 Å². The third-order valence-electron chi connectivity index (χ3n) is 4.07. The molecule has 6 nitrogen and oxygen atoms in total. The van der Waals surface area contributed by atoms with Gasteiger partial charge in [-0.3, -0.25) is 4.79 Å². The molecule has 1 heterocycles. The molecule has 1 amide bonds. The van der Waals surface area contributed by atoms with Gasteiger partial charge in [-0.2, -0.15) is 4.31 Å². The number of carbonyl (C=O) groups excluding carboxylic acids is 1. The minimum absolute atomic E-state index is 0.00985. The molecule has 0 atom stereocenters. The van der Waals surface area contributed by atoms with E-state index < -0.39 is 10.0 Å². The van der Waals surface area contributed by atoms with Crippen LogP contribution in [0.2, 0.25) is 0 Å². The van der Waals surface area contributed by atoms with Crippen LogP contribution in [0.4, 0.5) is 0 Å². The minimum Gasteiger partial charge on any atom is -0.384 e. The van der Waals surface area contributed by atoms with Crippen LogP contribution in [0.5, 0.6) is 0 Å². The lowest BCUT2D eigenvalue weighted by molar-refractivity contribution is -0.133. The van der Waals surface area contributed by atoms with Crippen LogP contribution < -0.4 is 0 Å². The van der Waals surface area contributed by atoms with Gasteiger partial charge in [0.05, 0.1) is 17.9 Å². The van der Waals surface area contributed by atoms with Gasteiger partial charge in [-0.15, -0.1) is 0 Å². The summed E-state index contributed by atoms with van der Waals surface area (Å²) in [5.74, 6) is 0.00985. The highest BCUT2D eigenvalue weighted by atomic mass is 32.2. The first-order valence-corrected chi connectivity index (χ1v) is 9.14. The largest absolute Gasteiger partial charge is 0.384 e. The number of amides is 1. The maximum absolute atomic E-state index is 12.8. The minimum atomic E-state index is -3.51. The van der Waals surface area contributed by atoms with Gasteiger partial charge < -0.3 is 9.64 Å². The lowest BCUT2D eigenvalue weighted by Crippen LogP contribution is -2.50. The molecule has 1 aliphatic heterocycles. The zero-order chi connectivity index (χ0) is 17.0. The lowest BCUT2D eigenvalue weighted by Gasteiger charge is -2.34. The summed E-state index contributed by atoms with van der Waals surface area (Å²) in [6.45, 7) is 5.57. The van der Waals surface area contributed by atoms with Gasteiger partial charge in [-0.25, -0.2) is 8.42 Å². The maximum atomic E-state index is 12.8. The van der Waals surface area contributed by atoms with Crippen molar-refractivity contribution in [3.63, 3.8) is 0 Å². The van der Waals surface area contributed by atoms with Crippen LogP contribution in [0.1, 0.15) is 17.5 Å². The zero-order valence-electron chi connectivity index (χ0n) is 13.9. The van der Waals surface area contributed by atoms with Crippen LogP contribution >= 0.6 is 0 Å². The molecule has 1 aliphatic rings. The fourth-order valence-corrected chi connectivity index (χ4v) is 4.38. The van der Waals surface area contributed by atoms with E-state index in [1.807, 2.05) is 19.1 Å². The number of benzene rings is 1. The molecule has 1 aromatic carbocycles. The summed E-state index contributed by atoms with van der Waals surface area (Å²) in [6, 6.07) is 5.44. The van der Waals surface area contributed by atoms with Crippen molar-refractivity contribution in [3.8, 4) is 0 Å². The predicted octanol–water partition coefficient (Wildman–Crippen LogP) is 1.17. The predicted molar refractivity (Wildman–Crippen MR) is 87.7 cm³/mol. The van der Waals surface area contributed by atoms with Crippen LogP contribution in [0, 0.1) is 13.8 Å². The highest BCUT2D eigenvalue weighted by molar-refractivity contribution is 7.89. The first-order chi connectivity index (χ1) is 10.9. The average molecular weight is 340 g/mol. The molecule has 0 aromatic heterocycles. The van der Waals surface area contributed by atoms with Gasteiger partial charge in [-0.05, 0) is 31.0 Å². The highest BCUT2D eigenvalue weighted by Crippen LogP contribution is 2.22. The first kappa shape index (κ1) is 17.9. The van der Waals surface area contributed by atoms with Crippen molar-refractivity contribution in [2.75, 3.05) is 39.9 Å². The van der Waals surface area contributed by atoms with Gasteiger partial charge in [-0.1, -0.05) is 12.1 Å². The van der Waals surface area contributed by atoms with Crippen LogP contribution in [0.25, 0.3) is 0 Å². The van der Waals surface area contributed by atoms with E-state index in [4.69, 9.17) is 4.74 Å². The summed E-state index contributed by atoms with van der Waals surface area (Å²) in [5.41, 5.74) is 1.66. The molecule has 0 bridgehead atoms. The molecule has 0 aliphatic carbocycles. The molecule has 7 heteroatoms. The van der Waals surface area contributed by atoms with Crippen molar-refractivity contribution in [3.05, 3.63) is 29.3 Å². The zero-order valence-corrected chi connectivity index (χ0v) is 14.7. The fourth-order valence-electron chi connectivity index (χ4n) is 2.65. The third-order valence-corrected chi connectivity index (χ3v) is 6.11. The van der Waals surface area contributed by atoms with Crippen LogP contribution in [0.3, 0.4) is 0 Å². The van der Waals surface area contributed by atoms with Crippen LogP contribution in [0.15, 0.2) is 23.1 Å². The van der Waals surface area contributed by atoms with Gasteiger partial charge >= 0.3 is 0 Å². The number of nitrogens with zero attached hydrogens (tertiary/aromatic N) is 2. The summed E-state index contributed by atoms with van der Waals surface area (Å²) >= 11 is 0. The fraction of sp³-hybridized carbons (Fsp3) is 0.562. The first-order valence-electron chi connectivity index (χ1n) is 7.70. The molecule has 0 N–H and O–H groups in total. The third kappa shape index (κ3) is 4.10. The number of aryl methyl sites for hydroxylation is 2. The van der Waals surface area contributed by atoms with E-state index in [1.165, 1.54) is 4.31 Å². The van der Waals surface area contributed by atoms with E-state index in [0.717, 1.165) is 11.1 Å². The summed E-state index contributed by atoms with van der Waals surface area (Å²) in [7, 11) is -1.95. The van der Waals surface area contributed by atoms with Crippen LogP contribution in [-0.2, 0) is 19.6 Å². The Morgan fingerprint density at radius 2 is 1.83 bits per heavy atom. The quantitative estimate of drug-likeness (QED) is 0.807. The molecule has 1 fully saturated rings. The number of carbonyl (C=O) groups is 1. The van der Waals surface area contributed by atoms with E-state index in [9.17, 15) is 13.2 Å². The van der Waals surface area contributed by atoms with E-state index in [0.29, 0.717) is 44.1 Å². The second-order valence-corrected chi connectivity index (χ2v) is 7.70. The summed E-state index contributed by atoms with van der Waals surface area (Å²) in [5, 5.41) is 0. The van der Waals surface area contributed by atoms with E-state index >= 15 is 0 Å². The van der Waals surface area contributed by atoms with E-state index in [2.05, 4.69) is 0 Å². The van der Waals surface area contributed by atoms with Crippen molar-refractivity contribution in [2.45, 2.75) is 25.2 Å². The Bertz CT molecular complexity index is 665. The van der Waals surface area contributed by atoms with Gasteiger partial charge in [0.2, 0.25) is 15.9 Å². The number of piperazine rings is 1. The Hall–Kier alpha value is -1.44. The monoisotopic (exact) mass is 340 g/mol. The smallest absolute Gasteiger partial charge is 0.243 e. The molecule has 0 spiro atoms. The molecule has 0 unspecified atom stereocenters. The Balaban J connectivity index is 2.07.